The van der Waals surface area contributed by atoms with Gasteiger partial charge in [0.05, 0.1) is 6.54 Å². The fourth-order valence-electron chi connectivity index (χ4n) is 0.362. The van der Waals surface area contributed by atoms with Gasteiger partial charge in [-0.1, -0.05) is 30.3 Å². The molecule has 0 aliphatic carbocycles. The molecule has 10 heavy (non-hydrogen) atoms. The molecule has 0 N–H and O–H groups in total. The monoisotopic (exact) mass is 199 g/mol. The minimum absolute atomic E-state index is 0.545. The zero-order chi connectivity index (χ0) is 7.82. The summed E-state index contributed by atoms with van der Waals surface area (Å²) in [5, 5.41) is 0. The van der Waals surface area contributed by atoms with Gasteiger partial charge in [-0.25, -0.2) is 0 Å². The van der Waals surface area contributed by atoms with Gasteiger partial charge in [-0.3, -0.25) is 4.99 Å². The first-order chi connectivity index (χ1) is 4.81. The van der Waals surface area contributed by atoms with Crippen LogP contribution in [0.3, 0.4) is 0 Å². The van der Waals surface area contributed by atoms with Crippen LogP contribution in [0.2, 0.25) is 0 Å². The number of aliphatic imine (C=N–C) groups is 1. The highest BCUT2D eigenvalue weighted by Crippen LogP contribution is 2.08. The Morgan fingerprint density at radius 2 is 2.30 bits per heavy atom. The molecule has 0 unspecified atom stereocenters. The third-order valence-electron chi connectivity index (χ3n) is 0.746. The lowest BCUT2D eigenvalue weighted by atomic mass is 10.6. The number of halogens is 2. The molecule has 0 aromatic heterocycles. The molecule has 4 heteroatoms. The predicted molar refractivity (Wildman–Crippen MR) is 51.6 cm³/mol. The maximum Gasteiger partial charge on any atom is 0.158 e. The van der Waals surface area contributed by atoms with Crippen molar-refractivity contribution in [3.63, 3.8) is 0 Å². The molecule has 0 aromatic rings. The zero-order valence-corrected chi connectivity index (χ0v) is 8.27. The van der Waals surface area contributed by atoms with E-state index in [1.165, 1.54) is 0 Å². The van der Waals surface area contributed by atoms with Gasteiger partial charge in [0, 0.05) is 11.6 Å². The maximum atomic E-state index is 5.69. The standard InChI is InChI=1S/C6H11Cl2NS/c1-2-5-10-6(8)9-4-3-7/h2-5H2,1H3. The summed E-state index contributed by atoms with van der Waals surface area (Å²) in [6.07, 6.45) is 1.12. The lowest BCUT2D eigenvalue weighted by molar-refractivity contribution is 1.11. The highest BCUT2D eigenvalue weighted by molar-refractivity contribution is 8.16. The number of thioether (sulfide) groups is 1. The molecule has 0 aromatic carbocycles. The van der Waals surface area contributed by atoms with Crippen LogP contribution in [-0.2, 0) is 0 Å². The number of rotatable bonds is 4. The van der Waals surface area contributed by atoms with E-state index in [4.69, 9.17) is 23.2 Å². The highest BCUT2D eigenvalue weighted by atomic mass is 35.5. The maximum absolute atomic E-state index is 5.69. The average molecular weight is 200 g/mol. The smallest absolute Gasteiger partial charge is 0.158 e. The Bertz CT molecular complexity index is 106. The topological polar surface area (TPSA) is 12.4 Å². The number of alkyl halides is 1. The first-order valence-electron chi connectivity index (χ1n) is 3.20. The van der Waals surface area contributed by atoms with E-state index in [2.05, 4.69) is 11.9 Å². The summed E-state index contributed by atoms with van der Waals surface area (Å²) >= 11 is 12.7. The normalized spacial score (nSPS) is 12.1. The van der Waals surface area contributed by atoms with Crippen LogP contribution in [0.5, 0.6) is 0 Å². The summed E-state index contributed by atoms with van der Waals surface area (Å²) in [7, 11) is 0. The van der Waals surface area contributed by atoms with Crippen LogP contribution in [0, 0.1) is 0 Å². The van der Waals surface area contributed by atoms with E-state index in [9.17, 15) is 0 Å². The van der Waals surface area contributed by atoms with Gasteiger partial charge in [0.25, 0.3) is 0 Å². The van der Waals surface area contributed by atoms with Crippen molar-refractivity contribution in [3.05, 3.63) is 0 Å². The van der Waals surface area contributed by atoms with E-state index in [1.54, 1.807) is 11.8 Å². The van der Waals surface area contributed by atoms with Crippen LogP contribution in [0.25, 0.3) is 0 Å². The van der Waals surface area contributed by atoms with Crippen LogP contribution in [0.4, 0.5) is 0 Å². The molecular formula is C6H11Cl2NS. The molecule has 1 nitrogen and oxygen atoms in total. The second kappa shape index (κ2) is 7.70. The van der Waals surface area contributed by atoms with Gasteiger partial charge in [0.2, 0.25) is 0 Å². The van der Waals surface area contributed by atoms with Crippen LogP contribution in [0.1, 0.15) is 13.3 Å². The van der Waals surface area contributed by atoms with Gasteiger partial charge in [-0.2, -0.15) is 0 Å². The molecule has 0 radical (unpaired) electrons. The third kappa shape index (κ3) is 6.72. The molecule has 0 saturated carbocycles. The van der Waals surface area contributed by atoms with E-state index >= 15 is 0 Å². The van der Waals surface area contributed by atoms with E-state index in [0.29, 0.717) is 16.9 Å². The van der Waals surface area contributed by atoms with Crippen molar-refractivity contribution in [2.75, 3.05) is 18.2 Å². The highest BCUT2D eigenvalue weighted by Gasteiger charge is 1.91. The molecular weight excluding hydrogens is 189 g/mol. The fraction of sp³-hybridized carbons (Fsp3) is 0.833. The predicted octanol–water partition coefficient (Wildman–Crippen LogP) is 2.96. The van der Waals surface area contributed by atoms with Crippen LogP contribution in [-0.4, -0.2) is 22.7 Å². The van der Waals surface area contributed by atoms with Gasteiger partial charge in [0.15, 0.2) is 4.50 Å². The Morgan fingerprint density at radius 1 is 1.60 bits per heavy atom. The molecule has 0 rings (SSSR count). The third-order valence-corrected chi connectivity index (χ3v) is 2.34. The Hall–Kier alpha value is 0.600. The molecule has 0 atom stereocenters. The zero-order valence-electron chi connectivity index (χ0n) is 5.94. The van der Waals surface area contributed by atoms with Gasteiger partial charge in [0.1, 0.15) is 0 Å². The summed E-state index contributed by atoms with van der Waals surface area (Å²) in [4.78, 5) is 3.99. The lowest BCUT2D eigenvalue weighted by Crippen LogP contribution is -1.87. The van der Waals surface area contributed by atoms with Crippen molar-refractivity contribution in [1.29, 1.82) is 0 Å². The van der Waals surface area contributed by atoms with Crippen LogP contribution < -0.4 is 0 Å². The van der Waals surface area contributed by atoms with E-state index in [-0.39, 0.29) is 0 Å². The molecule has 0 aliphatic heterocycles. The van der Waals surface area contributed by atoms with Crippen molar-refractivity contribution in [2.24, 2.45) is 4.99 Å². The minimum atomic E-state index is 0.545. The Kier molecular flexibility index (Phi) is 8.17. The number of nitrogens with zero attached hydrogens (tertiary/aromatic N) is 1. The number of hydrogen-bond donors (Lipinski definition) is 0. The van der Waals surface area contributed by atoms with Gasteiger partial charge in [-0.05, 0) is 6.42 Å². The van der Waals surface area contributed by atoms with E-state index in [1.807, 2.05) is 0 Å². The Morgan fingerprint density at radius 3 is 2.80 bits per heavy atom. The van der Waals surface area contributed by atoms with Gasteiger partial charge in [-0.15, -0.1) is 11.6 Å². The van der Waals surface area contributed by atoms with Crippen molar-refractivity contribution >= 4 is 39.5 Å². The van der Waals surface area contributed by atoms with Crippen molar-refractivity contribution in [2.45, 2.75) is 13.3 Å². The minimum Gasteiger partial charge on any atom is -0.266 e. The Balaban J connectivity index is 3.30. The summed E-state index contributed by atoms with van der Waals surface area (Å²) in [6, 6.07) is 0. The van der Waals surface area contributed by atoms with Crippen LogP contribution in [0.15, 0.2) is 4.99 Å². The van der Waals surface area contributed by atoms with Gasteiger partial charge < -0.3 is 0 Å². The Labute approximate surface area is 76.2 Å². The largest absolute Gasteiger partial charge is 0.266 e. The van der Waals surface area contributed by atoms with E-state index < -0.39 is 0 Å². The fourth-order valence-corrected chi connectivity index (χ4v) is 1.32. The summed E-state index contributed by atoms with van der Waals surface area (Å²) in [5.41, 5.74) is 0. The molecule has 0 saturated heterocycles. The van der Waals surface area contributed by atoms with Crippen molar-refractivity contribution in [1.82, 2.24) is 0 Å². The summed E-state index contributed by atoms with van der Waals surface area (Å²) < 4.78 is 0.627. The average Bonchev–Trinajstić information content (AvgIpc) is 1.97. The van der Waals surface area contributed by atoms with Crippen molar-refractivity contribution in [3.8, 4) is 0 Å². The molecule has 0 bridgehead atoms. The van der Waals surface area contributed by atoms with E-state index in [0.717, 1.165) is 12.2 Å². The molecule has 0 aliphatic rings. The first kappa shape index (κ1) is 10.6. The molecule has 0 spiro atoms. The van der Waals surface area contributed by atoms with Gasteiger partial charge >= 0.3 is 0 Å². The summed E-state index contributed by atoms with van der Waals surface area (Å²) in [5.74, 6) is 1.58. The second-order valence-corrected chi connectivity index (χ2v) is 3.72. The molecule has 0 amide bonds. The molecule has 0 heterocycles. The molecule has 0 fully saturated rings. The van der Waals surface area contributed by atoms with Crippen molar-refractivity contribution < 1.29 is 0 Å². The second-order valence-electron chi connectivity index (χ2n) is 1.67. The summed E-state index contributed by atoms with van der Waals surface area (Å²) in [6.45, 7) is 2.73. The number of hydrogen-bond acceptors (Lipinski definition) is 2. The van der Waals surface area contributed by atoms with Crippen LogP contribution >= 0.6 is 35.0 Å². The first-order valence-corrected chi connectivity index (χ1v) is 5.09. The SMILES string of the molecule is CCCSC(Cl)=NCCCl. The molecule has 60 valence electrons. The lowest BCUT2D eigenvalue weighted by Gasteiger charge is -1.93. The quantitative estimate of drug-likeness (QED) is 0.386.